The Bertz CT molecular complexity index is 881. The molecule has 3 aromatic carbocycles. The zero-order chi connectivity index (χ0) is 17.6. The Balaban J connectivity index is 1.61. The predicted octanol–water partition coefficient (Wildman–Crippen LogP) is 4.68. The number of ketones is 1. The van der Waals surface area contributed by atoms with Crippen LogP contribution in [0.25, 0.3) is 10.8 Å². The van der Waals surface area contributed by atoms with E-state index in [0.717, 1.165) is 16.3 Å². The maximum Gasteiger partial charge on any atom is 0.220 e. The van der Waals surface area contributed by atoms with Gasteiger partial charge in [-0.2, -0.15) is 0 Å². The van der Waals surface area contributed by atoms with Crippen LogP contribution in [0.2, 0.25) is 0 Å². The number of Topliss-reactive ketones (excluding diaryl/α,β-unsaturated/α-hetero) is 1. The molecule has 0 unspecified atom stereocenters. The third kappa shape index (κ3) is 4.13. The number of nitrogens with one attached hydrogen (secondary N) is 1. The highest BCUT2D eigenvalue weighted by molar-refractivity contribution is 5.98. The summed E-state index contributed by atoms with van der Waals surface area (Å²) >= 11 is 0. The lowest BCUT2D eigenvalue weighted by Gasteiger charge is -2.16. The predicted molar refractivity (Wildman–Crippen MR) is 101 cm³/mol. The smallest absolute Gasteiger partial charge is 0.220 e. The number of hydrogen-bond acceptors (Lipinski definition) is 2. The van der Waals surface area contributed by atoms with Gasteiger partial charge in [0, 0.05) is 18.4 Å². The molecule has 0 aliphatic rings. The molecule has 126 valence electrons. The second kappa shape index (κ2) is 7.75. The Morgan fingerprint density at radius 3 is 2.32 bits per heavy atom. The number of carbonyl (C=O) groups excluding carboxylic acids is 2. The van der Waals surface area contributed by atoms with E-state index in [2.05, 4.69) is 23.5 Å². The van der Waals surface area contributed by atoms with Crippen LogP contribution >= 0.6 is 0 Å². The maximum atomic E-state index is 12.2. The molecule has 3 rings (SSSR count). The van der Waals surface area contributed by atoms with Gasteiger partial charge in [0.1, 0.15) is 0 Å². The first-order valence-corrected chi connectivity index (χ1v) is 8.50. The molecule has 0 bridgehead atoms. The normalized spacial score (nSPS) is 11.9. The minimum absolute atomic E-state index is 0.00596. The zero-order valence-corrected chi connectivity index (χ0v) is 14.2. The van der Waals surface area contributed by atoms with E-state index in [1.165, 1.54) is 0 Å². The van der Waals surface area contributed by atoms with Crippen LogP contribution in [-0.2, 0) is 4.79 Å². The summed E-state index contributed by atoms with van der Waals surface area (Å²) in [7, 11) is 0. The third-order valence-corrected chi connectivity index (χ3v) is 4.34. The highest BCUT2D eigenvalue weighted by Crippen LogP contribution is 2.24. The van der Waals surface area contributed by atoms with Gasteiger partial charge in [-0.05, 0) is 23.3 Å². The van der Waals surface area contributed by atoms with Crippen LogP contribution in [0.15, 0.2) is 72.8 Å². The molecule has 0 spiro atoms. The quantitative estimate of drug-likeness (QED) is 0.667. The second-order valence-corrected chi connectivity index (χ2v) is 6.15. The third-order valence-electron chi connectivity index (χ3n) is 4.34. The summed E-state index contributed by atoms with van der Waals surface area (Å²) in [6.45, 7) is 1.97. The van der Waals surface area contributed by atoms with E-state index in [4.69, 9.17) is 0 Å². The van der Waals surface area contributed by atoms with E-state index < -0.39 is 0 Å². The first-order valence-electron chi connectivity index (χ1n) is 8.50. The van der Waals surface area contributed by atoms with Crippen LogP contribution in [-0.4, -0.2) is 11.7 Å². The van der Waals surface area contributed by atoms with Gasteiger partial charge in [-0.1, -0.05) is 72.8 Å². The summed E-state index contributed by atoms with van der Waals surface area (Å²) in [5.74, 6) is -0.113. The van der Waals surface area contributed by atoms with Gasteiger partial charge < -0.3 is 5.32 Å². The van der Waals surface area contributed by atoms with Gasteiger partial charge in [0.05, 0.1) is 6.04 Å². The van der Waals surface area contributed by atoms with Crippen molar-refractivity contribution in [2.45, 2.75) is 25.8 Å². The molecule has 0 aliphatic carbocycles. The number of benzene rings is 3. The monoisotopic (exact) mass is 331 g/mol. The Hall–Kier alpha value is -2.94. The van der Waals surface area contributed by atoms with Crippen molar-refractivity contribution in [3.05, 3.63) is 83.9 Å². The Morgan fingerprint density at radius 2 is 1.52 bits per heavy atom. The molecule has 25 heavy (non-hydrogen) atoms. The molecular weight excluding hydrogens is 310 g/mol. The summed E-state index contributed by atoms with van der Waals surface area (Å²) in [6.07, 6.45) is 0.418. The molecule has 3 aromatic rings. The van der Waals surface area contributed by atoms with Gasteiger partial charge in [-0.25, -0.2) is 0 Å². The Morgan fingerprint density at radius 1 is 0.840 bits per heavy atom. The fraction of sp³-hybridized carbons (Fsp3) is 0.182. The number of carbonyl (C=O) groups is 2. The average molecular weight is 331 g/mol. The Kier molecular flexibility index (Phi) is 5.24. The van der Waals surface area contributed by atoms with Crippen molar-refractivity contribution in [1.82, 2.24) is 5.32 Å². The lowest BCUT2D eigenvalue weighted by Crippen LogP contribution is -2.27. The van der Waals surface area contributed by atoms with Crippen LogP contribution in [0.3, 0.4) is 0 Å². The summed E-state index contributed by atoms with van der Waals surface area (Å²) in [5, 5.41) is 5.29. The van der Waals surface area contributed by atoms with Crippen molar-refractivity contribution >= 4 is 22.5 Å². The SMILES string of the molecule is C[C@@H](NC(=O)CCC(=O)c1ccccc1)c1cccc2ccccc12. The van der Waals surface area contributed by atoms with E-state index in [1.54, 1.807) is 12.1 Å². The maximum absolute atomic E-state index is 12.2. The van der Waals surface area contributed by atoms with Crippen molar-refractivity contribution in [3.63, 3.8) is 0 Å². The van der Waals surface area contributed by atoms with Crippen molar-refractivity contribution in [3.8, 4) is 0 Å². The number of rotatable bonds is 6. The minimum atomic E-state index is -0.107. The van der Waals surface area contributed by atoms with Crippen LogP contribution in [0.5, 0.6) is 0 Å². The average Bonchev–Trinajstić information content (AvgIpc) is 2.66. The summed E-state index contributed by atoms with van der Waals surface area (Å²) < 4.78 is 0. The molecule has 1 N–H and O–H groups in total. The highest BCUT2D eigenvalue weighted by Gasteiger charge is 2.14. The van der Waals surface area contributed by atoms with Crippen molar-refractivity contribution in [1.29, 1.82) is 0 Å². The minimum Gasteiger partial charge on any atom is -0.350 e. The van der Waals surface area contributed by atoms with Gasteiger partial charge in [0.2, 0.25) is 5.91 Å². The summed E-state index contributed by atoms with van der Waals surface area (Å²) in [5.41, 5.74) is 1.73. The molecule has 0 saturated heterocycles. The fourth-order valence-electron chi connectivity index (χ4n) is 3.01. The van der Waals surface area contributed by atoms with Gasteiger partial charge in [0.15, 0.2) is 5.78 Å². The topological polar surface area (TPSA) is 46.2 Å². The molecule has 0 fully saturated rings. The van der Waals surface area contributed by atoms with Gasteiger partial charge in [-0.15, -0.1) is 0 Å². The highest BCUT2D eigenvalue weighted by atomic mass is 16.2. The lowest BCUT2D eigenvalue weighted by molar-refractivity contribution is -0.121. The lowest BCUT2D eigenvalue weighted by atomic mass is 9.99. The van der Waals surface area contributed by atoms with Crippen LogP contribution in [0.1, 0.15) is 41.7 Å². The summed E-state index contributed by atoms with van der Waals surface area (Å²) in [6, 6.07) is 23.2. The van der Waals surface area contributed by atoms with Crippen molar-refractivity contribution < 1.29 is 9.59 Å². The van der Waals surface area contributed by atoms with Gasteiger partial charge >= 0.3 is 0 Å². The van der Waals surface area contributed by atoms with E-state index >= 15 is 0 Å². The van der Waals surface area contributed by atoms with Gasteiger partial charge in [0.25, 0.3) is 0 Å². The second-order valence-electron chi connectivity index (χ2n) is 6.15. The molecule has 0 saturated carbocycles. The van der Waals surface area contributed by atoms with E-state index in [0.29, 0.717) is 5.56 Å². The molecular formula is C22H21NO2. The van der Waals surface area contributed by atoms with E-state index in [9.17, 15) is 9.59 Å². The molecule has 3 heteroatoms. The van der Waals surface area contributed by atoms with E-state index in [-0.39, 0.29) is 30.6 Å². The summed E-state index contributed by atoms with van der Waals surface area (Å²) in [4.78, 5) is 24.3. The van der Waals surface area contributed by atoms with Crippen molar-refractivity contribution in [2.75, 3.05) is 0 Å². The standard InChI is InChI=1S/C22H21NO2/c1-16(19-13-7-11-17-8-5-6-12-20(17)19)23-22(25)15-14-21(24)18-9-3-2-4-10-18/h2-13,16H,14-15H2,1H3,(H,23,25)/t16-/m1/s1. The largest absolute Gasteiger partial charge is 0.350 e. The molecule has 0 heterocycles. The molecule has 0 aromatic heterocycles. The molecule has 1 atom stereocenters. The van der Waals surface area contributed by atoms with Gasteiger partial charge in [-0.3, -0.25) is 9.59 Å². The number of amides is 1. The number of hydrogen-bond donors (Lipinski definition) is 1. The van der Waals surface area contributed by atoms with Crippen molar-refractivity contribution in [2.24, 2.45) is 0 Å². The first-order chi connectivity index (χ1) is 12.1. The Labute approximate surface area is 147 Å². The molecule has 1 amide bonds. The fourth-order valence-corrected chi connectivity index (χ4v) is 3.01. The van der Waals surface area contributed by atoms with Crippen LogP contribution in [0.4, 0.5) is 0 Å². The molecule has 0 radical (unpaired) electrons. The van der Waals surface area contributed by atoms with E-state index in [1.807, 2.05) is 49.4 Å². The molecule has 0 aliphatic heterocycles. The zero-order valence-electron chi connectivity index (χ0n) is 14.2. The first kappa shape index (κ1) is 16.9. The van der Waals surface area contributed by atoms with Crippen LogP contribution in [0, 0.1) is 0 Å². The molecule has 3 nitrogen and oxygen atoms in total. The van der Waals surface area contributed by atoms with Crippen LogP contribution < -0.4 is 5.32 Å². The number of fused-ring (bicyclic) bond motifs is 1.